The normalized spacial score (nSPS) is 20.0. The average molecular weight is 168 g/mol. The molecule has 1 aliphatic rings. The van der Waals surface area contributed by atoms with Crippen LogP contribution in [0.4, 0.5) is 0 Å². The topological polar surface area (TPSA) is 15.0 Å². The highest BCUT2D eigenvalue weighted by Crippen LogP contribution is 2.38. The zero-order valence-electron chi connectivity index (χ0n) is 9.02. The molecule has 0 spiro atoms. The summed E-state index contributed by atoms with van der Waals surface area (Å²) < 4.78 is 0. The summed E-state index contributed by atoms with van der Waals surface area (Å²) in [5.74, 6) is 0. The molecule has 0 aromatic rings. The summed E-state index contributed by atoms with van der Waals surface area (Å²) in [7, 11) is 2.02. The summed E-state index contributed by atoms with van der Waals surface area (Å²) in [5.41, 5.74) is 3.13. The van der Waals surface area contributed by atoms with Crippen LogP contribution < -0.4 is 5.32 Å². The van der Waals surface area contributed by atoms with Crippen molar-refractivity contribution in [3.05, 3.63) is 11.4 Å². The fraction of sp³-hybridized carbons (Fsp3) is 0.800. The predicted octanol–water partition coefficient (Wildman–Crippen LogP) is 2.14. The van der Waals surface area contributed by atoms with Crippen LogP contribution in [0.25, 0.3) is 0 Å². The van der Waals surface area contributed by atoms with Crippen LogP contribution in [0.15, 0.2) is 11.4 Å². The molecule has 1 unspecified atom stereocenters. The summed E-state index contributed by atoms with van der Waals surface area (Å²) in [4.78, 5) is 2.36. The van der Waals surface area contributed by atoms with Gasteiger partial charge in [0.15, 0.2) is 0 Å². The van der Waals surface area contributed by atoms with Crippen molar-refractivity contribution < 1.29 is 0 Å². The van der Waals surface area contributed by atoms with Gasteiger partial charge in [0, 0.05) is 11.4 Å². The first-order valence-electron chi connectivity index (χ1n) is 4.53. The number of hydrogen-bond donors (Lipinski definition) is 1. The number of allylic oxidation sites excluding steroid dienone is 2. The molecular formula is C10H20N2. The number of rotatable bonds is 2. The summed E-state index contributed by atoms with van der Waals surface area (Å²) in [5, 5.41) is 3.35. The minimum atomic E-state index is 0.285. The molecule has 1 atom stereocenters. The van der Waals surface area contributed by atoms with Crippen molar-refractivity contribution in [3.8, 4) is 0 Å². The number of hydrogen-bond acceptors (Lipinski definition) is 2. The summed E-state index contributed by atoms with van der Waals surface area (Å²) in [6.45, 7) is 11.1. The Hall–Kier alpha value is -0.500. The van der Waals surface area contributed by atoms with Crippen molar-refractivity contribution in [1.82, 2.24) is 10.2 Å². The summed E-state index contributed by atoms with van der Waals surface area (Å²) >= 11 is 0. The molecule has 2 nitrogen and oxygen atoms in total. The van der Waals surface area contributed by atoms with E-state index >= 15 is 0 Å². The Bertz CT molecular complexity index is 198. The molecule has 1 N–H and O–H groups in total. The van der Waals surface area contributed by atoms with E-state index in [2.05, 4.69) is 44.8 Å². The minimum absolute atomic E-state index is 0.285. The van der Waals surface area contributed by atoms with Gasteiger partial charge in [-0.1, -0.05) is 20.8 Å². The maximum Gasteiger partial charge on any atom is 0.0886 e. The molecule has 12 heavy (non-hydrogen) atoms. The summed E-state index contributed by atoms with van der Waals surface area (Å²) in [6, 6.07) is 0. The fourth-order valence-corrected chi connectivity index (χ4v) is 1.72. The van der Waals surface area contributed by atoms with Crippen LogP contribution in [0.3, 0.4) is 0 Å². The van der Waals surface area contributed by atoms with Crippen LogP contribution in [-0.4, -0.2) is 18.1 Å². The number of nitrogens with zero attached hydrogens (tertiary/aromatic N) is 1. The zero-order valence-corrected chi connectivity index (χ0v) is 9.02. The van der Waals surface area contributed by atoms with Crippen LogP contribution in [0.5, 0.6) is 0 Å². The minimum Gasteiger partial charge on any atom is -0.329 e. The third-order valence-electron chi connectivity index (χ3n) is 2.55. The van der Waals surface area contributed by atoms with Crippen molar-refractivity contribution in [2.75, 3.05) is 7.05 Å². The van der Waals surface area contributed by atoms with E-state index in [1.807, 2.05) is 7.05 Å². The highest BCUT2D eigenvalue weighted by molar-refractivity contribution is 5.29. The third kappa shape index (κ3) is 1.48. The van der Waals surface area contributed by atoms with Crippen LogP contribution in [-0.2, 0) is 0 Å². The van der Waals surface area contributed by atoms with E-state index in [1.54, 1.807) is 0 Å². The molecule has 1 rings (SSSR count). The molecule has 0 aliphatic carbocycles. The lowest BCUT2D eigenvalue weighted by Crippen LogP contribution is -2.45. The van der Waals surface area contributed by atoms with Crippen molar-refractivity contribution in [1.29, 1.82) is 0 Å². The summed E-state index contributed by atoms with van der Waals surface area (Å²) in [6.07, 6.45) is 0.442. The predicted molar refractivity (Wildman–Crippen MR) is 52.5 cm³/mol. The first-order valence-corrected chi connectivity index (χ1v) is 4.53. The van der Waals surface area contributed by atoms with Gasteiger partial charge in [-0.3, -0.25) is 5.32 Å². The van der Waals surface area contributed by atoms with Crippen LogP contribution in [0, 0.1) is 5.41 Å². The highest BCUT2D eigenvalue weighted by atomic mass is 15.4. The second kappa shape index (κ2) is 2.77. The number of nitrogens with one attached hydrogen (secondary N) is 1. The van der Waals surface area contributed by atoms with Gasteiger partial charge >= 0.3 is 0 Å². The van der Waals surface area contributed by atoms with E-state index in [1.165, 1.54) is 11.4 Å². The lowest BCUT2D eigenvalue weighted by Gasteiger charge is -2.33. The second-order valence-electron chi connectivity index (χ2n) is 4.60. The highest BCUT2D eigenvalue weighted by Gasteiger charge is 2.38. The molecule has 0 aromatic carbocycles. The maximum atomic E-state index is 3.35. The van der Waals surface area contributed by atoms with Crippen LogP contribution in [0.1, 0.15) is 34.6 Å². The molecule has 0 saturated heterocycles. The first-order chi connectivity index (χ1) is 5.39. The Balaban J connectivity index is 2.62. The Labute approximate surface area is 75.6 Å². The second-order valence-corrected chi connectivity index (χ2v) is 4.60. The van der Waals surface area contributed by atoms with Crippen molar-refractivity contribution in [3.63, 3.8) is 0 Å². The Kier molecular flexibility index (Phi) is 2.21. The van der Waals surface area contributed by atoms with Crippen molar-refractivity contribution in [2.45, 2.75) is 40.8 Å². The van der Waals surface area contributed by atoms with Gasteiger partial charge in [0.25, 0.3) is 0 Å². The molecule has 0 amide bonds. The van der Waals surface area contributed by atoms with Crippen LogP contribution >= 0.6 is 0 Å². The van der Waals surface area contributed by atoms with Gasteiger partial charge in [0.2, 0.25) is 0 Å². The molecule has 1 heterocycles. The first kappa shape index (κ1) is 9.59. The molecule has 0 fully saturated rings. The van der Waals surface area contributed by atoms with Crippen molar-refractivity contribution in [2.24, 2.45) is 5.41 Å². The van der Waals surface area contributed by atoms with Gasteiger partial charge in [-0.25, -0.2) is 0 Å². The molecule has 70 valence electrons. The van der Waals surface area contributed by atoms with E-state index in [0.717, 1.165) is 0 Å². The van der Waals surface area contributed by atoms with E-state index in [9.17, 15) is 0 Å². The molecule has 1 aliphatic heterocycles. The Morgan fingerprint density at radius 1 is 1.17 bits per heavy atom. The smallest absolute Gasteiger partial charge is 0.0886 e. The average Bonchev–Trinajstić information content (AvgIpc) is 2.44. The lowest BCUT2D eigenvalue weighted by atomic mass is 9.92. The molecule has 0 aromatic heterocycles. The van der Waals surface area contributed by atoms with Gasteiger partial charge < -0.3 is 4.90 Å². The van der Waals surface area contributed by atoms with E-state index < -0.39 is 0 Å². The molecule has 0 radical (unpaired) electrons. The molecule has 2 heteroatoms. The van der Waals surface area contributed by atoms with Gasteiger partial charge in [-0.05, 0) is 26.3 Å². The monoisotopic (exact) mass is 168 g/mol. The molecular weight excluding hydrogens is 148 g/mol. The zero-order chi connectivity index (χ0) is 9.52. The van der Waals surface area contributed by atoms with E-state index in [0.29, 0.717) is 6.17 Å². The SMILES string of the molecule is CNC(N1C(C)=C1C)C(C)(C)C. The van der Waals surface area contributed by atoms with Gasteiger partial charge in [-0.15, -0.1) is 0 Å². The van der Waals surface area contributed by atoms with Gasteiger partial charge in [0.1, 0.15) is 0 Å². The largest absolute Gasteiger partial charge is 0.329 e. The Morgan fingerprint density at radius 3 is 1.67 bits per heavy atom. The van der Waals surface area contributed by atoms with E-state index in [-0.39, 0.29) is 5.41 Å². The standard InChI is InChI=1S/C10H20N2/c1-7-8(2)12(7)9(11-6)10(3,4)5/h9,11H,1-6H3. The third-order valence-corrected chi connectivity index (χ3v) is 2.55. The maximum absolute atomic E-state index is 3.35. The van der Waals surface area contributed by atoms with Crippen molar-refractivity contribution >= 4 is 0 Å². The van der Waals surface area contributed by atoms with Crippen LogP contribution in [0.2, 0.25) is 0 Å². The van der Waals surface area contributed by atoms with Gasteiger partial charge in [-0.2, -0.15) is 0 Å². The lowest BCUT2D eigenvalue weighted by molar-refractivity contribution is 0.177. The quantitative estimate of drug-likeness (QED) is 0.679. The van der Waals surface area contributed by atoms with E-state index in [4.69, 9.17) is 0 Å². The Morgan fingerprint density at radius 2 is 1.58 bits per heavy atom. The molecule has 0 saturated carbocycles. The van der Waals surface area contributed by atoms with Gasteiger partial charge in [0.05, 0.1) is 6.17 Å². The fourth-order valence-electron chi connectivity index (χ4n) is 1.72. The molecule has 0 bridgehead atoms.